The minimum Gasteiger partial charge on any atom is -0.497 e. The van der Waals surface area contributed by atoms with E-state index in [1.54, 1.807) is 19.4 Å². The normalized spacial score (nSPS) is 16.0. The lowest BCUT2D eigenvalue weighted by Gasteiger charge is -2.09. The van der Waals surface area contributed by atoms with Crippen LogP contribution in [-0.4, -0.2) is 17.1 Å². The maximum absolute atomic E-state index is 6.15. The predicted octanol–water partition coefficient (Wildman–Crippen LogP) is 3.06. The van der Waals surface area contributed by atoms with E-state index in [0.717, 1.165) is 22.0 Å². The third-order valence-corrected chi connectivity index (χ3v) is 4.18. The van der Waals surface area contributed by atoms with Gasteiger partial charge in [-0.15, -0.1) is 0 Å². The van der Waals surface area contributed by atoms with Crippen molar-refractivity contribution in [3.05, 3.63) is 63.5 Å². The zero-order valence-electron chi connectivity index (χ0n) is 11.7. The second kappa shape index (κ2) is 6.29. The average Bonchev–Trinajstić information content (AvgIpc) is 3.04. The van der Waals surface area contributed by atoms with Crippen LogP contribution < -0.4 is 15.8 Å². The first kappa shape index (κ1) is 14.7. The fourth-order valence-electron chi connectivity index (χ4n) is 1.94. The van der Waals surface area contributed by atoms with Crippen LogP contribution in [0.1, 0.15) is 11.3 Å². The van der Waals surface area contributed by atoms with Crippen LogP contribution in [0.25, 0.3) is 11.4 Å². The Hall–Kier alpha value is -2.18. The molecule has 0 fully saturated rings. The SMILES string of the molecule is COc1ccc(C2=CS/C(=C(/N)c3ccnc(Cl)n3)N2)cc1. The molecule has 1 aliphatic rings. The summed E-state index contributed by atoms with van der Waals surface area (Å²) < 4.78 is 5.16. The maximum atomic E-state index is 6.15. The number of halogens is 1. The number of thioether (sulfide) groups is 1. The highest BCUT2D eigenvalue weighted by atomic mass is 35.5. The molecule has 0 saturated carbocycles. The van der Waals surface area contributed by atoms with E-state index in [9.17, 15) is 0 Å². The summed E-state index contributed by atoms with van der Waals surface area (Å²) in [5.74, 6) is 0.820. The minimum atomic E-state index is 0.174. The number of hydrogen-bond acceptors (Lipinski definition) is 6. The van der Waals surface area contributed by atoms with Crippen molar-refractivity contribution in [3.63, 3.8) is 0 Å². The first-order valence-corrected chi connectivity index (χ1v) is 7.70. The van der Waals surface area contributed by atoms with E-state index in [-0.39, 0.29) is 5.28 Å². The Morgan fingerprint density at radius 1 is 1.27 bits per heavy atom. The molecule has 1 aromatic heterocycles. The summed E-state index contributed by atoms with van der Waals surface area (Å²) in [7, 11) is 1.65. The van der Waals surface area contributed by atoms with Gasteiger partial charge in [-0.2, -0.15) is 0 Å². The van der Waals surface area contributed by atoms with Crippen LogP contribution in [-0.2, 0) is 0 Å². The molecule has 3 N–H and O–H groups in total. The Bertz CT molecular complexity index is 758. The fraction of sp³-hybridized carbons (Fsp3) is 0.0667. The van der Waals surface area contributed by atoms with Gasteiger partial charge in [0.1, 0.15) is 10.8 Å². The van der Waals surface area contributed by atoms with Gasteiger partial charge in [-0.1, -0.05) is 11.8 Å². The molecule has 0 bridgehead atoms. The third kappa shape index (κ3) is 3.03. The van der Waals surface area contributed by atoms with E-state index >= 15 is 0 Å². The van der Waals surface area contributed by atoms with Crippen LogP contribution in [0, 0.1) is 0 Å². The van der Waals surface area contributed by atoms with Gasteiger partial charge in [0.05, 0.1) is 24.2 Å². The van der Waals surface area contributed by atoms with Crippen LogP contribution in [0.3, 0.4) is 0 Å². The van der Waals surface area contributed by atoms with E-state index in [1.807, 2.05) is 29.7 Å². The summed E-state index contributed by atoms with van der Waals surface area (Å²) in [5.41, 5.74) is 9.31. The second-order valence-electron chi connectivity index (χ2n) is 4.46. The van der Waals surface area contributed by atoms with E-state index in [1.165, 1.54) is 11.8 Å². The van der Waals surface area contributed by atoms with Gasteiger partial charge in [0.15, 0.2) is 0 Å². The van der Waals surface area contributed by atoms with Crippen molar-refractivity contribution in [3.8, 4) is 5.75 Å². The van der Waals surface area contributed by atoms with Crippen molar-refractivity contribution in [2.45, 2.75) is 0 Å². The number of ether oxygens (including phenoxy) is 1. The van der Waals surface area contributed by atoms with Crippen molar-refractivity contribution in [2.75, 3.05) is 7.11 Å². The summed E-state index contributed by atoms with van der Waals surface area (Å²) in [6.07, 6.45) is 1.58. The highest BCUT2D eigenvalue weighted by Gasteiger charge is 2.16. The van der Waals surface area contributed by atoms with Gasteiger partial charge < -0.3 is 15.8 Å². The molecule has 2 aromatic rings. The molecule has 0 saturated heterocycles. The molecule has 5 nitrogen and oxygen atoms in total. The van der Waals surface area contributed by atoms with E-state index in [0.29, 0.717) is 11.4 Å². The lowest BCUT2D eigenvalue weighted by Crippen LogP contribution is -2.11. The number of benzene rings is 1. The lowest BCUT2D eigenvalue weighted by molar-refractivity contribution is 0.415. The van der Waals surface area contributed by atoms with Crippen LogP contribution in [0.4, 0.5) is 0 Å². The Morgan fingerprint density at radius 2 is 2.05 bits per heavy atom. The molecule has 0 atom stereocenters. The van der Waals surface area contributed by atoms with Gasteiger partial charge >= 0.3 is 0 Å². The van der Waals surface area contributed by atoms with Crippen molar-refractivity contribution in [1.29, 1.82) is 0 Å². The Balaban J connectivity index is 1.82. The molecule has 1 aromatic carbocycles. The van der Waals surface area contributed by atoms with E-state index in [2.05, 4.69) is 15.3 Å². The number of nitrogens with zero attached hydrogens (tertiary/aromatic N) is 2. The molecule has 22 heavy (non-hydrogen) atoms. The molecule has 0 radical (unpaired) electrons. The number of aromatic nitrogens is 2. The van der Waals surface area contributed by atoms with E-state index < -0.39 is 0 Å². The van der Waals surface area contributed by atoms with Crippen molar-refractivity contribution >= 4 is 34.8 Å². The van der Waals surface area contributed by atoms with Crippen LogP contribution in [0.2, 0.25) is 5.28 Å². The van der Waals surface area contributed by atoms with Crippen LogP contribution >= 0.6 is 23.4 Å². The fourth-order valence-corrected chi connectivity index (χ4v) is 2.92. The molecule has 3 rings (SSSR count). The number of nitrogens with one attached hydrogen (secondary N) is 1. The monoisotopic (exact) mass is 332 g/mol. The summed E-state index contributed by atoms with van der Waals surface area (Å²) in [4.78, 5) is 7.97. The van der Waals surface area contributed by atoms with Crippen molar-refractivity contribution in [2.24, 2.45) is 5.73 Å². The van der Waals surface area contributed by atoms with Gasteiger partial charge in [0.2, 0.25) is 5.28 Å². The Morgan fingerprint density at radius 3 is 2.73 bits per heavy atom. The summed E-state index contributed by atoms with van der Waals surface area (Å²) >= 11 is 7.31. The molecule has 112 valence electrons. The average molecular weight is 333 g/mol. The molecule has 7 heteroatoms. The highest BCUT2D eigenvalue weighted by molar-refractivity contribution is 8.06. The highest BCUT2D eigenvalue weighted by Crippen LogP contribution is 2.33. The molecule has 0 aliphatic carbocycles. The van der Waals surface area contributed by atoms with Crippen LogP contribution in [0.5, 0.6) is 5.75 Å². The van der Waals surface area contributed by atoms with Crippen LogP contribution in [0.15, 0.2) is 47.0 Å². The molecule has 0 spiro atoms. The third-order valence-electron chi connectivity index (χ3n) is 3.09. The maximum Gasteiger partial charge on any atom is 0.222 e. The molecule has 0 amide bonds. The van der Waals surface area contributed by atoms with Gasteiger partial charge in [-0.05, 0) is 47.5 Å². The lowest BCUT2D eigenvalue weighted by atomic mass is 10.1. The van der Waals surface area contributed by atoms with Gasteiger partial charge in [0, 0.05) is 11.6 Å². The summed E-state index contributed by atoms with van der Waals surface area (Å²) in [6.45, 7) is 0. The largest absolute Gasteiger partial charge is 0.497 e. The Labute approximate surface area is 137 Å². The zero-order chi connectivity index (χ0) is 15.5. The number of rotatable bonds is 3. The summed E-state index contributed by atoms with van der Waals surface area (Å²) in [5, 5.41) is 6.30. The standard InChI is InChI=1S/C15H13ClN4OS/c1-21-10-4-2-9(3-5-10)12-8-22-14(19-12)13(17)11-6-7-18-15(16)20-11/h2-8,19H,17H2,1H3/b14-13+. The first-order valence-electron chi connectivity index (χ1n) is 6.44. The van der Waals surface area contributed by atoms with Crippen molar-refractivity contribution < 1.29 is 4.74 Å². The number of methoxy groups -OCH3 is 1. The quantitative estimate of drug-likeness (QED) is 0.842. The number of hydrogen-bond donors (Lipinski definition) is 2. The molecule has 1 aliphatic heterocycles. The predicted molar refractivity (Wildman–Crippen MR) is 89.8 cm³/mol. The number of nitrogens with two attached hydrogens (primary N) is 1. The smallest absolute Gasteiger partial charge is 0.222 e. The first-order chi connectivity index (χ1) is 10.7. The molecule has 0 unspecified atom stereocenters. The molecular formula is C15H13ClN4OS. The van der Waals surface area contributed by atoms with Gasteiger partial charge in [0.25, 0.3) is 0 Å². The molecule has 2 heterocycles. The Kier molecular flexibility index (Phi) is 4.22. The minimum absolute atomic E-state index is 0.174. The van der Waals surface area contributed by atoms with Gasteiger partial charge in [-0.25, -0.2) is 9.97 Å². The van der Waals surface area contributed by atoms with Gasteiger partial charge in [-0.3, -0.25) is 0 Å². The van der Waals surface area contributed by atoms with Crippen molar-refractivity contribution in [1.82, 2.24) is 15.3 Å². The topological polar surface area (TPSA) is 73.1 Å². The summed E-state index contributed by atoms with van der Waals surface area (Å²) in [6, 6.07) is 9.52. The molecular weight excluding hydrogens is 320 g/mol. The van der Waals surface area contributed by atoms with E-state index in [4.69, 9.17) is 22.1 Å². The second-order valence-corrected chi connectivity index (χ2v) is 5.67. The zero-order valence-corrected chi connectivity index (χ0v) is 13.3.